The van der Waals surface area contributed by atoms with E-state index in [1.165, 1.54) is 4.88 Å². The number of nitrogens with zero attached hydrogens (tertiary/aromatic N) is 5. The van der Waals surface area contributed by atoms with Crippen LogP contribution in [0.4, 0.5) is 0 Å². The zero-order valence-corrected chi connectivity index (χ0v) is 22.4. The maximum atomic E-state index is 13.8. The summed E-state index contributed by atoms with van der Waals surface area (Å²) in [7, 11) is 0. The molecule has 1 N–H and O–H groups in total. The Morgan fingerprint density at radius 1 is 0.897 bits per heavy atom. The van der Waals surface area contributed by atoms with Gasteiger partial charge in [0.25, 0.3) is 5.56 Å². The van der Waals surface area contributed by atoms with Crippen molar-refractivity contribution in [3.8, 4) is 0 Å². The third-order valence-electron chi connectivity index (χ3n) is 6.84. The number of aromatic amines is 1. The molecule has 0 aliphatic carbocycles. The molecule has 3 aromatic carbocycles. The molecule has 7 nitrogen and oxygen atoms in total. The molecule has 6 aromatic rings. The van der Waals surface area contributed by atoms with Crippen molar-refractivity contribution in [2.45, 2.75) is 32.6 Å². The van der Waals surface area contributed by atoms with Crippen LogP contribution in [0.15, 0.2) is 107 Å². The number of tetrazole rings is 1. The van der Waals surface area contributed by atoms with E-state index in [0.29, 0.717) is 31.0 Å². The molecule has 0 radical (unpaired) electrons. The zero-order valence-electron chi connectivity index (χ0n) is 21.6. The number of fused-ring (bicyclic) bond motifs is 1. The van der Waals surface area contributed by atoms with E-state index in [1.54, 1.807) is 11.3 Å². The number of nitrogens with one attached hydrogen (secondary N) is 1. The highest BCUT2D eigenvalue weighted by Crippen LogP contribution is 2.31. The van der Waals surface area contributed by atoms with Gasteiger partial charge in [0.05, 0.1) is 6.54 Å². The van der Waals surface area contributed by atoms with Crippen LogP contribution in [0.3, 0.4) is 0 Å². The summed E-state index contributed by atoms with van der Waals surface area (Å²) in [6.45, 7) is 3.78. The lowest BCUT2D eigenvalue weighted by Crippen LogP contribution is -2.34. The molecule has 0 aliphatic rings. The van der Waals surface area contributed by atoms with Crippen LogP contribution >= 0.6 is 11.3 Å². The Hall–Kier alpha value is -4.40. The molecular formula is C31H28N6OS. The molecule has 0 saturated heterocycles. The zero-order chi connectivity index (χ0) is 26.6. The molecule has 39 heavy (non-hydrogen) atoms. The molecular weight excluding hydrogens is 504 g/mol. The lowest BCUT2D eigenvalue weighted by molar-refractivity contribution is 0.196. The monoisotopic (exact) mass is 532 g/mol. The number of thiophene rings is 1. The first kappa shape index (κ1) is 24.9. The van der Waals surface area contributed by atoms with Crippen molar-refractivity contribution < 1.29 is 0 Å². The first-order chi connectivity index (χ1) is 19.1. The van der Waals surface area contributed by atoms with Gasteiger partial charge in [-0.1, -0.05) is 78.9 Å². The average Bonchev–Trinajstić information content (AvgIpc) is 3.63. The van der Waals surface area contributed by atoms with Gasteiger partial charge < -0.3 is 4.98 Å². The Kier molecular flexibility index (Phi) is 7.12. The third kappa shape index (κ3) is 5.57. The van der Waals surface area contributed by atoms with Crippen molar-refractivity contribution in [2.75, 3.05) is 0 Å². The maximum absolute atomic E-state index is 13.8. The van der Waals surface area contributed by atoms with E-state index in [2.05, 4.69) is 79.3 Å². The predicted molar refractivity (Wildman–Crippen MR) is 155 cm³/mol. The summed E-state index contributed by atoms with van der Waals surface area (Å²) in [5.41, 5.74) is 4.62. The molecule has 0 spiro atoms. The summed E-state index contributed by atoms with van der Waals surface area (Å²) in [6.07, 6.45) is 0. The van der Waals surface area contributed by atoms with E-state index in [-0.39, 0.29) is 5.56 Å². The second-order valence-electron chi connectivity index (χ2n) is 9.70. The molecule has 0 amide bonds. The van der Waals surface area contributed by atoms with Crippen molar-refractivity contribution >= 4 is 22.2 Å². The molecule has 3 aromatic heterocycles. The number of H-pyrrole nitrogens is 1. The number of hydrogen-bond acceptors (Lipinski definition) is 6. The third-order valence-corrected chi connectivity index (χ3v) is 7.70. The molecule has 1 atom stereocenters. The molecule has 6 rings (SSSR count). The fraction of sp³-hybridized carbons (Fsp3) is 0.161. The van der Waals surface area contributed by atoms with Crippen LogP contribution in [0, 0.1) is 6.92 Å². The fourth-order valence-electron chi connectivity index (χ4n) is 4.97. The normalized spacial score (nSPS) is 12.3. The lowest BCUT2D eigenvalue weighted by Gasteiger charge is -2.31. The Bertz CT molecular complexity index is 1730. The summed E-state index contributed by atoms with van der Waals surface area (Å²) >= 11 is 1.70. The van der Waals surface area contributed by atoms with Crippen molar-refractivity contribution in [2.24, 2.45) is 0 Å². The minimum atomic E-state index is -0.486. The molecule has 0 unspecified atom stereocenters. The standard InChI is InChI=1S/C31H28N6OS/c1-22-14-15-25-18-27(31(38)32-28(25)17-22)29(30-33-34-35-37(30)20-24-11-6-3-7-12-24)36(21-26-13-8-16-39-26)19-23-9-4-2-5-10-23/h2-18,29H,19-21H2,1H3,(H,32,38)/t29-/m0/s1. The summed E-state index contributed by atoms with van der Waals surface area (Å²) in [5, 5.41) is 16.0. The first-order valence-electron chi connectivity index (χ1n) is 12.9. The van der Waals surface area contributed by atoms with E-state index in [9.17, 15) is 4.79 Å². The number of hydrogen-bond donors (Lipinski definition) is 1. The van der Waals surface area contributed by atoms with Crippen LogP contribution in [0.2, 0.25) is 0 Å². The van der Waals surface area contributed by atoms with Gasteiger partial charge in [-0.15, -0.1) is 16.4 Å². The SMILES string of the molecule is Cc1ccc2cc([C@@H](c3nnnn3Cc3ccccc3)N(Cc3ccccc3)Cc3cccs3)c(=O)[nH]c2c1. The molecule has 0 bridgehead atoms. The topological polar surface area (TPSA) is 79.7 Å². The van der Waals surface area contributed by atoms with Gasteiger partial charge in [0, 0.05) is 29.0 Å². The van der Waals surface area contributed by atoms with E-state index in [0.717, 1.165) is 27.6 Å². The fourth-order valence-corrected chi connectivity index (χ4v) is 5.70. The summed E-state index contributed by atoms with van der Waals surface area (Å²) < 4.78 is 1.81. The van der Waals surface area contributed by atoms with E-state index < -0.39 is 6.04 Å². The van der Waals surface area contributed by atoms with Crippen LogP contribution in [-0.4, -0.2) is 30.1 Å². The largest absolute Gasteiger partial charge is 0.322 e. The quantitative estimate of drug-likeness (QED) is 0.257. The van der Waals surface area contributed by atoms with Crippen LogP contribution in [0.1, 0.15) is 39.0 Å². The van der Waals surface area contributed by atoms with Crippen LogP contribution in [0.5, 0.6) is 0 Å². The van der Waals surface area contributed by atoms with Gasteiger partial charge in [-0.25, -0.2) is 4.68 Å². The first-order valence-corrected chi connectivity index (χ1v) is 13.8. The van der Waals surface area contributed by atoms with Crippen LogP contribution in [0.25, 0.3) is 10.9 Å². The van der Waals surface area contributed by atoms with Crippen LogP contribution < -0.4 is 5.56 Å². The molecule has 194 valence electrons. The summed E-state index contributed by atoms with van der Waals surface area (Å²) in [6, 6.07) is 32.2. The highest BCUT2D eigenvalue weighted by atomic mass is 32.1. The van der Waals surface area contributed by atoms with Gasteiger partial charge in [0.2, 0.25) is 0 Å². The maximum Gasteiger partial charge on any atom is 0.253 e. The number of rotatable bonds is 9. The highest BCUT2D eigenvalue weighted by molar-refractivity contribution is 7.09. The Morgan fingerprint density at radius 3 is 2.41 bits per heavy atom. The van der Waals surface area contributed by atoms with Crippen molar-refractivity contribution in [3.63, 3.8) is 0 Å². The number of aryl methyl sites for hydroxylation is 1. The summed E-state index contributed by atoms with van der Waals surface area (Å²) in [4.78, 5) is 20.4. The van der Waals surface area contributed by atoms with Crippen molar-refractivity contribution in [1.29, 1.82) is 0 Å². The number of aromatic nitrogens is 5. The van der Waals surface area contributed by atoms with Gasteiger partial charge >= 0.3 is 0 Å². The average molecular weight is 533 g/mol. The summed E-state index contributed by atoms with van der Waals surface area (Å²) in [5.74, 6) is 0.628. The predicted octanol–water partition coefficient (Wildman–Crippen LogP) is 5.72. The van der Waals surface area contributed by atoms with E-state index >= 15 is 0 Å². The van der Waals surface area contributed by atoms with E-state index in [4.69, 9.17) is 0 Å². The number of benzene rings is 3. The molecule has 8 heteroatoms. The second kappa shape index (κ2) is 11.1. The number of pyridine rings is 1. The van der Waals surface area contributed by atoms with E-state index in [1.807, 2.05) is 60.1 Å². The molecule has 0 saturated carbocycles. The minimum Gasteiger partial charge on any atom is -0.322 e. The molecule has 3 heterocycles. The Labute approximate surface area is 230 Å². The van der Waals surface area contributed by atoms with Crippen LogP contribution in [-0.2, 0) is 19.6 Å². The van der Waals surface area contributed by atoms with Gasteiger partial charge in [-0.3, -0.25) is 9.69 Å². The molecule has 0 fully saturated rings. The molecule has 0 aliphatic heterocycles. The Morgan fingerprint density at radius 2 is 1.67 bits per heavy atom. The van der Waals surface area contributed by atoms with Gasteiger partial charge in [-0.05, 0) is 63.0 Å². The second-order valence-corrected chi connectivity index (χ2v) is 10.7. The smallest absolute Gasteiger partial charge is 0.253 e. The van der Waals surface area contributed by atoms with Gasteiger partial charge in [-0.2, -0.15) is 0 Å². The highest BCUT2D eigenvalue weighted by Gasteiger charge is 2.31. The van der Waals surface area contributed by atoms with Gasteiger partial charge in [0.1, 0.15) is 6.04 Å². The minimum absolute atomic E-state index is 0.142. The van der Waals surface area contributed by atoms with Gasteiger partial charge in [0.15, 0.2) is 5.82 Å². The van der Waals surface area contributed by atoms with Crippen molar-refractivity contribution in [3.05, 3.63) is 146 Å². The lowest BCUT2D eigenvalue weighted by atomic mass is 10.0. The van der Waals surface area contributed by atoms with Crippen molar-refractivity contribution in [1.82, 2.24) is 30.1 Å². The Balaban J connectivity index is 1.52.